The summed E-state index contributed by atoms with van der Waals surface area (Å²) in [7, 11) is 3.47. The van der Waals surface area contributed by atoms with Crippen LogP contribution in [0.3, 0.4) is 0 Å². The molecule has 1 aliphatic heterocycles. The van der Waals surface area contributed by atoms with Crippen LogP contribution in [-0.2, 0) is 13.5 Å². The molecule has 1 unspecified atom stereocenters. The highest BCUT2D eigenvalue weighted by Gasteiger charge is 2.22. The van der Waals surface area contributed by atoms with Crippen molar-refractivity contribution in [3.8, 4) is 17.2 Å². The summed E-state index contributed by atoms with van der Waals surface area (Å²) in [5.74, 6) is 1.80. The summed E-state index contributed by atoms with van der Waals surface area (Å²) < 4.78 is 17.8. The van der Waals surface area contributed by atoms with E-state index in [0.717, 1.165) is 17.7 Å². The molecule has 1 atom stereocenters. The fourth-order valence-electron chi connectivity index (χ4n) is 2.44. The third-order valence-corrected chi connectivity index (χ3v) is 3.66. The van der Waals surface area contributed by atoms with Crippen molar-refractivity contribution < 1.29 is 19.3 Å². The highest BCUT2D eigenvalue weighted by Crippen LogP contribution is 2.43. The van der Waals surface area contributed by atoms with Gasteiger partial charge in [-0.2, -0.15) is 5.10 Å². The van der Waals surface area contributed by atoms with Gasteiger partial charge >= 0.3 is 0 Å². The zero-order valence-electron chi connectivity index (χ0n) is 12.1. The number of aliphatic hydroxyl groups is 1. The second-order valence-corrected chi connectivity index (χ2v) is 4.96. The molecule has 1 aliphatic rings. The van der Waals surface area contributed by atoms with Gasteiger partial charge in [-0.1, -0.05) is 0 Å². The Morgan fingerprint density at radius 2 is 2.29 bits per heavy atom. The van der Waals surface area contributed by atoms with E-state index in [1.165, 1.54) is 0 Å². The molecule has 3 rings (SSSR count). The molecule has 2 heterocycles. The van der Waals surface area contributed by atoms with Gasteiger partial charge < -0.3 is 19.3 Å². The highest BCUT2D eigenvalue weighted by molar-refractivity contribution is 5.55. The minimum atomic E-state index is -0.594. The summed E-state index contributed by atoms with van der Waals surface area (Å²) in [6, 6.07) is 5.55. The van der Waals surface area contributed by atoms with Crippen molar-refractivity contribution >= 4 is 0 Å². The molecule has 0 bridgehead atoms. The van der Waals surface area contributed by atoms with E-state index in [1.54, 1.807) is 25.4 Å². The largest absolute Gasteiger partial charge is 0.493 e. The zero-order valence-corrected chi connectivity index (χ0v) is 12.1. The van der Waals surface area contributed by atoms with Crippen LogP contribution in [-0.4, -0.2) is 28.8 Å². The molecule has 0 radical (unpaired) electrons. The number of ether oxygens (including phenoxy) is 3. The maximum absolute atomic E-state index is 10.4. The Hall–Kier alpha value is -2.21. The first kappa shape index (κ1) is 13.8. The van der Waals surface area contributed by atoms with Crippen LogP contribution in [0.2, 0.25) is 0 Å². The molecule has 0 saturated heterocycles. The van der Waals surface area contributed by atoms with E-state index in [0.29, 0.717) is 23.7 Å². The lowest BCUT2D eigenvalue weighted by molar-refractivity contribution is 0.165. The molecule has 0 aliphatic carbocycles. The number of nitrogens with zero attached hydrogens (tertiary/aromatic N) is 2. The molecule has 0 fully saturated rings. The van der Waals surface area contributed by atoms with Gasteiger partial charge in [0.25, 0.3) is 0 Å². The normalized spacial score (nSPS) is 14.2. The van der Waals surface area contributed by atoms with Crippen LogP contribution in [0.5, 0.6) is 17.2 Å². The number of fused-ring (bicyclic) bond motifs is 1. The molecule has 0 spiro atoms. The number of rotatable bonds is 5. The number of methoxy groups -OCH3 is 1. The molecule has 1 N–H and O–H groups in total. The van der Waals surface area contributed by atoms with Crippen LogP contribution < -0.4 is 14.2 Å². The number of aryl methyl sites for hydroxylation is 2. The monoisotopic (exact) mass is 290 g/mol. The van der Waals surface area contributed by atoms with Crippen molar-refractivity contribution in [3.05, 3.63) is 35.7 Å². The molecule has 2 aromatic rings. The van der Waals surface area contributed by atoms with Crippen LogP contribution in [0.4, 0.5) is 0 Å². The first-order chi connectivity index (χ1) is 10.2. The van der Waals surface area contributed by atoms with Crippen LogP contribution in [0.25, 0.3) is 0 Å². The number of aliphatic hydroxyl groups excluding tert-OH is 1. The smallest absolute Gasteiger partial charge is 0.231 e. The number of hydrogen-bond donors (Lipinski definition) is 1. The van der Waals surface area contributed by atoms with Crippen LogP contribution in [0.15, 0.2) is 24.4 Å². The summed E-state index contributed by atoms with van der Waals surface area (Å²) in [5.41, 5.74) is 1.85. The van der Waals surface area contributed by atoms with E-state index >= 15 is 0 Å². The Balaban J connectivity index is 1.75. The Morgan fingerprint density at radius 1 is 1.43 bits per heavy atom. The van der Waals surface area contributed by atoms with Crippen molar-refractivity contribution in [3.63, 3.8) is 0 Å². The SMILES string of the molecule is COc1cc(C(O)CCc2ccnn2C)cc2c1OCO2. The molecule has 1 aromatic heterocycles. The molecule has 0 saturated carbocycles. The van der Waals surface area contributed by atoms with Crippen molar-refractivity contribution in [2.45, 2.75) is 18.9 Å². The second kappa shape index (κ2) is 5.65. The van der Waals surface area contributed by atoms with Gasteiger partial charge in [-0.25, -0.2) is 0 Å². The Labute approximate surface area is 122 Å². The fourth-order valence-corrected chi connectivity index (χ4v) is 2.44. The summed E-state index contributed by atoms with van der Waals surface area (Å²) in [6.07, 6.45) is 2.51. The highest BCUT2D eigenvalue weighted by atomic mass is 16.7. The molecule has 21 heavy (non-hydrogen) atoms. The maximum atomic E-state index is 10.4. The lowest BCUT2D eigenvalue weighted by Gasteiger charge is -2.13. The number of hydrogen-bond acceptors (Lipinski definition) is 5. The molecule has 6 heteroatoms. The van der Waals surface area contributed by atoms with E-state index in [2.05, 4.69) is 5.10 Å². The molecule has 6 nitrogen and oxygen atoms in total. The molecule has 0 amide bonds. The molecular formula is C15H18N2O4. The van der Waals surface area contributed by atoms with E-state index in [-0.39, 0.29) is 6.79 Å². The maximum Gasteiger partial charge on any atom is 0.231 e. The van der Waals surface area contributed by atoms with Gasteiger partial charge in [0.05, 0.1) is 13.2 Å². The Bertz CT molecular complexity index is 639. The van der Waals surface area contributed by atoms with E-state index in [1.807, 2.05) is 17.8 Å². The minimum absolute atomic E-state index is 0.181. The fraction of sp³-hybridized carbons (Fsp3) is 0.400. The van der Waals surface area contributed by atoms with Gasteiger partial charge in [0.1, 0.15) is 0 Å². The predicted molar refractivity (Wildman–Crippen MR) is 75.6 cm³/mol. The van der Waals surface area contributed by atoms with E-state index in [4.69, 9.17) is 14.2 Å². The number of aromatic nitrogens is 2. The van der Waals surface area contributed by atoms with Crippen molar-refractivity contribution in [2.24, 2.45) is 7.05 Å². The Kier molecular flexibility index (Phi) is 3.70. The van der Waals surface area contributed by atoms with Crippen molar-refractivity contribution in [2.75, 3.05) is 13.9 Å². The second-order valence-electron chi connectivity index (χ2n) is 4.96. The van der Waals surface area contributed by atoms with Crippen LogP contribution in [0, 0.1) is 0 Å². The topological polar surface area (TPSA) is 65.7 Å². The van der Waals surface area contributed by atoms with Gasteiger partial charge in [0.15, 0.2) is 11.5 Å². The van der Waals surface area contributed by atoms with E-state index in [9.17, 15) is 5.11 Å². The summed E-state index contributed by atoms with van der Waals surface area (Å²) in [6.45, 7) is 0.181. The Morgan fingerprint density at radius 3 is 3.00 bits per heavy atom. The lowest BCUT2D eigenvalue weighted by Crippen LogP contribution is -2.04. The lowest BCUT2D eigenvalue weighted by atomic mass is 10.0. The first-order valence-electron chi connectivity index (χ1n) is 6.81. The van der Waals surface area contributed by atoms with Crippen molar-refractivity contribution in [1.29, 1.82) is 0 Å². The van der Waals surface area contributed by atoms with Gasteiger partial charge in [0.2, 0.25) is 12.5 Å². The number of benzene rings is 1. The van der Waals surface area contributed by atoms with Gasteiger partial charge in [-0.3, -0.25) is 4.68 Å². The van der Waals surface area contributed by atoms with Crippen LogP contribution >= 0.6 is 0 Å². The van der Waals surface area contributed by atoms with Gasteiger partial charge in [-0.15, -0.1) is 0 Å². The average molecular weight is 290 g/mol. The summed E-state index contributed by atoms with van der Waals surface area (Å²) in [5, 5.41) is 14.5. The minimum Gasteiger partial charge on any atom is -0.493 e. The quantitative estimate of drug-likeness (QED) is 0.910. The first-order valence-corrected chi connectivity index (χ1v) is 6.81. The average Bonchev–Trinajstić information content (AvgIpc) is 3.12. The third kappa shape index (κ3) is 2.67. The summed E-state index contributed by atoms with van der Waals surface area (Å²) >= 11 is 0. The van der Waals surface area contributed by atoms with Crippen molar-refractivity contribution in [1.82, 2.24) is 9.78 Å². The molecule has 112 valence electrons. The summed E-state index contributed by atoms with van der Waals surface area (Å²) in [4.78, 5) is 0. The molecule has 1 aromatic carbocycles. The predicted octanol–water partition coefficient (Wildman–Crippen LogP) is 1.82. The van der Waals surface area contributed by atoms with Gasteiger partial charge in [-0.05, 0) is 36.6 Å². The zero-order chi connectivity index (χ0) is 14.8. The van der Waals surface area contributed by atoms with E-state index < -0.39 is 6.10 Å². The standard InChI is InChI=1S/C15H18N2O4/c1-17-11(5-6-16-17)3-4-12(18)10-7-13(19-2)15-14(8-10)20-9-21-15/h5-8,12,18H,3-4,9H2,1-2H3. The molecular weight excluding hydrogens is 272 g/mol. The van der Waals surface area contributed by atoms with Gasteiger partial charge in [0, 0.05) is 18.9 Å². The van der Waals surface area contributed by atoms with Crippen LogP contribution in [0.1, 0.15) is 23.8 Å². The third-order valence-electron chi connectivity index (χ3n) is 3.66.